The van der Waals surface area contributed by atoms with Crippen molar-refractivity contribution in [2.45, 2.75) is 33.2 Å². The minimum atomic E-state index is -0.599. The molecule has 1 rings (SSSR count). The maximum atomic E-state index is 11.3. The molecule has 1 aromatic rings. The Labute approximate surface area is 108 Å². The first-order valence-corrected chi connectivity index (χ1v) is 6.19. The normalized spacial score (nSPS) is 13.3. The van der Waals surface area contributed by atoms with Gasteiger partial charge in [-0.05, 0) is 26.3 Å². The summed E-state index contributed by atoms with van der Waals surface area (Å²) in [6.07, 6.45) is 0.826. The predicted molar refractivity (Wildman–Crippen MR) is 72.1 cm³/mol. The molecule has 0 aliphatic rings. The average Bonchev–Trinajstić information content (AvgIpc) is 2.31. The molecule has 100 valence electrons. The average molecular weight is 250 g/mol. The summed E-state index contributed by atoms with van der Waals surface area (Å²) in [5, 5.41) is 13.1. The quantitative estimate of drug-likeness (QED) is 0.722. The molecule has 0 aliphatic carbocycles. The molecule has 18 heavy (non-hydrogen) atoms. The van der Waals surface area contributed by atoms with Crippen LogP contribution in [0.5, 0.6) is 5.75 Å². The van der Waals surface area contributed by atoms with Crippen LogP contribution in [0.15, 0.2) is 24.3 Å². The number of primary amides is 1. The molecule has 0 spiro atoms. The molecular formula is C14H22N2O2. The first-order valence-electron chi connectivity index (χ1n) is 6.19. The Bertz CT molecular complexity index is 416. The van der Waals surface area contributed by atoms with Crippen molar-refractivity contribution in [3.63, 3.8) is 0 Å². The van der Waals surface area contributed by atoms with Crippen LogP contribution in [0.25, 0.3) is 0 Å². The van der Waals surface area contributed by atoms with Crippen molar-refractivity contribution < 1.29 is 9.90 Å². The Morgan fingerprint density at radius 3 is 2.56 bits per heavy atom. The Morgan fingerprint density at radius 1 is 1.44 bits per heavy atom. The molecule has 0 saturated heterocycles. The maximum Gasteiger partial charge on any atom is 0.224 e. The predicted octanol–water partition coefficient (Wildman–Crippen LogP) is 1.94. The summed E-state index contributed by atoms with van der Waals surface area (Å²) in [5.41, 5.74) is 5.59. The van der Waals surface area contributed by atoms with Gasteiger partial charge in [-0.2, -0.15) is 0 Å². The number of amides is 1. The monoisotopic (exact) mass is 250 g/mol. The van der Waals surface area contributed by atoms with E-state index < -0.39 is 5.41 Å². The number of phenols is 1. The van der Waals surface area contributed by atoms with Crippen LogP contribution in [-0.2, 0) is 4.79 Å². The van der Waals surface area contributed by atoms with Crippen LogP contribution in [-0.4, -0.2) is 17.6 Å². The molecule has 0 bridgehead atoms. The molecule has 0 saturated carbocycles. The SMILES string of the molecule is CCC(NCC(C)(C)C(N)=O)c1ccccc1O. The Kier molecular flexibility index (Phi) is 4.73. The van der Waals surface area contributed by atoms with Gasteiger partial charge in [0.2, 0.25) is 5.91 Å². The van der Waals surface area contributed by atoms with E-state index in [1.54, 1.807) is 26.0 Å². The largest absolute Gasteiger partial charge is 0.508 e. The lowest BCUT2D eigenvalue weighted by Crippen LogP contribution is -2.41. The standard InChI is InChI=1S/C14H22N2O2/c1-4-11(10-7-5-6-8-12(10)17)16-9-14(2,3)13(15)18/h5-8,11,16-17H,4,9H2,1-3H3,(H2,15,18). The second-order valence-corrected chi connectivity index (χ2v) is 5.15. The van der Waals surface area contributed by atoms with Crippen molar-refractivity contribution in [3.8, 4) is 5.75 Å². The molecule has 4 heteroatoms. The number of hydrogen-bond acceptors (Lipinski definition) is 3. The number of phenolic OH excluding ortho intramolecular Hbond substituents is 1. The third kappa shape index (κ3) is 3.47. The number of rotatable bonds is 6. The number of benzene rings is 1. The van der Waals surface area contributed by atoms with E-state index in [1.165, 1.54) is 0 Å². The van der Waals surface area contributed by atoms with Gasteiger partial charge in [-0.15, -0.1) is 0 Å². The fourth-order valence-corrected chi connectivity index (χ4v) is 1.72. The molecule has 1 aromatic carbocycles. The Hall–Kier alpha value is -1.55. The fraction of sp³-hybridized carbons (Fsp3) is 0.500. The van der Waals surface area contributed by atoms with Crippen LogP contribution in [0.4, 0.5) is 0 Å². The first kappa shape index (κ1) is 14.5. The van der Waals surface area contributed by atoms with Gasteiger partial charge in [0.05, 0.1) is 5.41 Å². The molecule has 0 fully saturated rings. The zero-order valence-electron chi connectivity index (χ0n) is 11.2. The molecule has 1 unspecified atom stereocenters. The number of carbonyl (C=O) groups excluding carboxylic acids is 1. The topological polar surface area (TPSA) is 75.3 Å². The molecule has 4 N–H and O–H groups in total. The second-order valence-electron chi connectivity index (χ2n) is 5.15. The molecule has 1 atom stereocenters. The summed E-state index contributed by atoms with van der Waals surface area (Å²) < 4.78 is 0. The third-order valence-electron chi connectivity index (χ3n) is 3.18. The molecule has 0 heterocycles. The van der Waals surface area contributed by atoms with Crippen molar-refractivity contribution >= 4 is 5.91 Å². The highest BCUT2D eigenvalue weighted by atomic mass is 16.3. The van der Waals surface area contributed by atoms with Gasteiger partial charge in [0, 0.05) is 18.2 Å². The molecule has 4 nitrogen and oxygen atoms in total. The zero-order valence-corrected chi connectivity index (χ0v) is 11.2. The lowest BCUT2D eigenvalue weighted by Gasteiger charge is -2.25. The lowest BCUT2D eigenvalue weighted by molar-refractivity contribution is -0.125. The Morgan fingerprint density at radius 2 is 2.06 bits per heavy atom. The van der Waals surface area contributed by atoms with E-state index in [2.05, 4.69) is 5.32 Å². The van der Waals surface area contributed by atoms with E-state index in [1.807, 2.05) is 19.1 Å². The van der Waals surface area contributed by atoms with E-state index in [0.29, 0.717) is 6.54 Å². The highest BCUT2D eigenvalue weighted by Gasteiger charge is 2.26. The summed E-state index contributed by atoms with van der Waals surface area (Å²) >= 11 is 0. The molecule has 0 aliphatic heterocycles. The van der Waals surface area contributed by atoms with E-state index in [4.69, 9.17) is 5.73 Å². The third-order valence-corrected chi connectivity index (χ3v) is 3.18. The fourth-order valence-electron chi connectivity index (χ4n) is 1.72. The van der Waals surface area contributed by atoms with Gasteiger partial charge >= 0.3 is 0 Å². The lowest BCUT2D eigenvalue weighted by atomic mass is 9.91. The summed E-state index contributed by atoms with van der Waals surface area (Å²) in [5.74, 6) is -0.0594. The van der Waals surface area contributed by atoms with E-state index >= 15 is 0 Å². The number of para-hydroxylation sites is 1. The summed E-state index contributed by atoms with van der Waals surface area (Å²) in [7, 11) is 0. The van der Waals surface area contributed by atoms with E-state index in [9.17, 15) is 9.90 Å². The van der Waals surface area contributed by atoms with Gasteiger partial charge < -0.3 is 16.2 Å². The van der Waals surface area contributed by atoms with Crippen molar-refractivity contribution in [2.75, 3.05) is 6.54 Å². The van der Waals surface area contributed by atoms with Gasteiger partial charge in [-0.3, -0.25) is 4.79 Å². The van der Waals surface area contributed by atoms with Crippen molar-refractivity contribution in [3.05, 3.63) is 29.8 Å². The van der Waals surface area contributed by atoms with Crippen LogP contribution < -0.4 is 11.1 Å². The van der Waals surface area contributed by atoms with Crippen molar-refractivity contribution in [2.24, 2.45) is 11.1 Å². The van der Waals surface area contributed by atoms with Crippen LogP contribution in [0.2, 0.25) is 0 Å². The number of nitrogens with one attached hydrogen (secondary N) is 1. The van der Waals surface area contributed by atoms with Crippen molar-refractivity contribution in [1.29, 1.82) is 0 Å². The highest BCUT2D eigenvalue weighted by Crippen LogP contribution is 2.26. The van der Waals surface area contributed by atoms with Crippen LogP contribution >= 0.6 is 0 Å². The maximum absolute atomic E-state index is 11.3. The highest BCUT2D eigenvalue weighted by molar-refractivity contribution is 5.80. The van der Waals surface area contributed by atoms with Crippen LogP contribution in [0.3, 0.4) is 0 Å². The number of carbonyl (C=O) groups is 1. The second kappa shape index (κ2) is 5.87. The van der Waals surface area contributed by atoms with Gasteiger partial charge in [-0.25, -0.2) is 0 Å². The molecule has 0 aromatic heterocycles. The van der Waals surface area contributed by atoms with Gasteiger partial charge in [-0.1, -0.05) is 25.1 Å². The van der Waals surface area contributed by atoms with Gasteiger partial charge in [0.25, 0.3) is 0 Å². The smallest absolute Gasteiger partial charge is 0.224 e. The van der Waals surface area contributed by atoms with Gasteiger partial charge in [0.1, 0.15) is 5.75 Å². The molecular weight excluding hydrogens is 228 g/mol. The minimum Gasteiger partial charge on any atom is -0.508 e. The summed E-state index contributed by atoms with van der Waals surface area (Å²) in [6.45, 7) is 6.12. The number of aromatic hydroxyl groups is 1. The van der Waals surface area contributed by atoms with Crippen LogP contribution in [0, 0.1) is 5.41 Å². The van der Waals surface area contributed by atoms with E-state index in [-0.39, 0.29) is 17.7 Å². The zero-order chi connectivity index (χ0) is 13.8. The number of nitrogens with two attached hydrogens (primary N) is 1. The van der Waals surface area contributed by atoms with Crippen molar-refractivity contribution in [1.82, 2.24) is 5.32 Å². The first-order chi connectivity index (χ1) is 8.38. The molecule has 1 amide bonds. The summed E-state index contributed by atoms with van der Waals surface area (Å²) in [4.78, 5) is 11.3. The van der Waals surface area contributed by atoms with Gasteiger partial charge in [0.15, 0.2) is 0 Å². The van der Waals surface area contributed by atoms with E-state index in [0.717, 1.165) is 12.0 Å². The Balaban J connectivity index is 2.75. The van der Waals surface area contributed by atoms with Crippen LogP contribution in [0.1, 0.15) is 38.8 Å². The summed E-state index contributed by atoms with van der Waals surface area (Å²) in [6, 6.07) is 7.24. The minimum absolute atomic E-state index is 0.0184. The molecule has 0 radical (unpaired) electrons. The number of hydrogen-bond donors (Lipinski definition) is 3.